The van der Waals surface area contributed by atoms with Crippen molar-refractivity contribution in [2.45, 2.75) is 39.7 Å². The monoisotopic (exact) mass is 342 g/mol. The van der Waals surface area contributed by atoms with E-state index in [1.165, 1.54) is 0 Å². The molecule has 0 fully saturated rings. The van der Waals surface area contributed by atoms with Crippen molar-refractivity contribution in [2.75, 3.05) is 19.0 Å². The van der Waals surface area contributed by atoms with Crippen LogP contribution in [0, 0.1) is 6.92 Å². The number of nitrogens with one attached hydrogen (secondary N) is 2. The van der Waals surface area contributed by atoms with Gasteiger partial charge in [0.1, 0.15) is 23.1 Å². The van der Waals surface area contributed by atoms with E-state index >= 15 is 0 Å². The number of nitrogens with zero attached hydrogens (tertiary/aromatic N) is 2. The summed E-state index contributed by atoms with van der Waals surface area (Å²) in [6, 6.07) is 9.80. The molecular weight excluding hydrogens is 316 g/mol. The number of carbonyl (C=O) groups is 1. The third-order valence-corrected chi connectivity index (χ3v) is 3.91. The zero-order valence-corrected chi connectivity index (χ0v) is 15.3. The molecule has 1 aromatic carbocycles. The Morgan fingerprint density at radius 3 is 2.80 bits per heavy atom. The molecule has 25 heavy (non-hydrogen) atoms. The molecule has 0 aliphatic carbocycles. The molecule has 0 saturated carbocycles. The molecule has 6 nitrogen and oxygen atoms in total. The number of benzene rings is 1. The van der Waals surface area contributed by atoms with Crippen LogP contribution in [-0.2, 0) is 6.42 Å². The number of aromatic nitrogens is 2. The lowest BCUT2D eigenvalue weighted by Gasteiger charge is -2.13. The minimum atomic E-state index is -0.194. The maximum atomic E-state index is 12.4. The number of methoxy groups -OCH3 is 1. The van der Waals surface area contributed by atoms with Gasteiger partial charge in [0, 0.05) is 18.7 Å². The summed E-state index contributed by atoms with van der Waals surface area (Å²) < 4.78 is 5.21. The van der Waals surface area contributed by atoms with Crippen LogP contribution in [0.2, 0.25) is 0 Å². The molecule has 1 aromatic heterocycles. The summed E-state index contributed by atoms with van der Waals surface area (Å²) >= 11 is 0. The standard InChI is InChI=1S/C19H26N4O2/c1-5-13(2)21-18-12-17(22-14(3)23-18)19(24)20-10-9-15-7-6-8-16(11-15)25-4/h6-8,11-13H,5,9-10H2,1-4H3,(H,20,24)(H,21,22,23). The SMILES string of the molecule is CCC(C)Nc1cc(C(=O)NCCc2cccc(OC)c2)nc(C)n1. The Morgan fingerprint density at radius 1 is 1.28 bits per heavy atom. The molecule has 1 heterocycles. The van der Waals surface area contributed by atoms with Gasteiger partial charge in [0.15, 0.2) is 0 Å². The minimum absolute atomic E-state index is 0.194. The van der Waals surface area contributed by atoms with E-state index in [2.05, 4.69) is 34.4 Å². The Kier molecular flexibility index (Phi) is 6.74. The van der Waals surface area contributed by atoms with Crippen LogP contribution >= 0.6 is 0 Å². The van der Waals surface area contributed by atoms with E-state index in [-0.39, 0.29) is 5.91 Å². The van der Waals surface area contributed by atoms with E-state index < -0.39 is 0 Å². The first kappa shape index (κ1) is 18.7. The number of amides is 1. The number of hydrogen-bond donors (Lipinski definition) is 2. The number of rotatable bonds is 8. The van der Waals surface area contributed by atoms with Gasteiger partial charge in [-0.05, 0) is 44.4 Å². The smallest absolute Gasteiger partial charge is 0.270 e. The van der Waals surface area contributed by atoms with Crippen molar-refractivity contribution in [2.24, 2.45) is 0 Å². The maximum absolute atomic E-state index is 12.4. The highest BCUT2D eigenvalue weighted by atomic mass is 16.5. The molecule has 6 heteroatoms. The van der Waals surface area contributed by atoms with Crippen LogP contribution in [0.1, 0.15) is 42.1 Å². The molecule has 1 amide bonds. The van der Waals surface area contributed by atoms with Gasteiger partial charge in [-0.2, -0.15) is 0 Å². The van der Waals surface area contributed by atoms with E-state index in [0.717, 1.165) is 24.2 Å². The fourth-order valence-electron chi connectivity index (χ4n) is 2.35. The summed E-state index contributed by atoms with van der Waals surface area (Å²) in [5, 5.41) is 6.19. The minimum Gasteiger partial charge on any atom is -0.497 e. The van der Waals surface area contributed by atoms with Crippen molar-refractivity contribution >= 4 is 11.7 Å². The average Bonchev–Trinajstić information content (AvgIpc) is 2.61. The van der Waals surface area contributed by atoms with Crippen molar-refractivity contribution < 1.29 is 9.53 Å². The topological polar surface area (TPSA) is 76.1 Å². The fourth-order valence-corrected chi connectivity index (χ4v) is 2.35. The third kappa shape index (κ3) is 5.74. The summed E-state index contributed by atoms with van der Waals surface area (Å²) in [6.07, 6.45) is 1.70. The second-order valence-corrected chi connectivity index (χ2v) is 6.00. The van der Waals surface area contributed by atoms with Gasteiger partial charge < -0.3 is 15.4 Å². The van der Waals surface area contributed by atoms with E-state index in [0.29, 0.717) is 29.9 Å². The third-order valence-electron chi connectivity index (χ3n) is 3.91. The van der Waals surface area contributed by atoms with Gasteiger partial charge >= 0.3 is 0 Å². The maximum Gasteiger partial charge on any atom is 0.270 e. The molecule has 2 rings (SSSR count). The second-order valence-electron chi connectivity index (χ2n) is 6.00. The molecule has 1 atom stereocenters. The first-order chi connectivity index (χ1) is 12.0. The second kappa shape index (κ2) is 9.01. The number of aryl methyl sites for hydroxylation is 1. The van der Waals surface area contributed by atoms with Crippen molar-refractivity contribution in [3.05, 3.63) is 47.4 Å². The summed E-state index contributed by atoms with van der Waals surface area (Å²) in [7, 11) is 1.64. The quantitative estimate of drug-likeness (QED) is 0.771. The van der Waals surface area contributed by atoms with E-state index in [1.54, 1.807) is 20.1 Å². The van der Waals surface area contributed by atoms with Crippen LogP contribution in [-0.4, -0.2) is 35.6 Å². The molecule has 2 aromatic rings. The van der Waals surface area contributed by atoms with Gasteiger partial charge in [-0.15, -0.1) is 0 Å². The molecule has 0 spiro atoms. The molecule has 0 radical (unpaired) electrons. The highest BCUT2D eigenvalue weighted by Crippen LogP contribution is 2.13. The Labute approximate surface area is 149 Å². The van der Waals surface area contributed by atoms with Gasteiger partial charge in [0.2, 0.25) is 0 Å². The van der Waals surface area contributed by atoms with Crippen molar-refractivity contribution in [3.63, 3.8) is 0 Å². The molecule has 0 saturated heterocycles. The fraction of sp³-hybridized carbons (Fsp3) is 0.421. The molecule has 0 aliphatic rings. The Hall–Kier alpha value is -2.63. The van der Waals surface area contributed by atoms with Crippen LogP contribution < -0.4 is 15.4 Å². The first-order valence-electron chi connectivity index (χ1n) is 8.55. The molecule has 134 valence electrons. The molecule has 2 N–H and O–H groups in total. The van der Waals surface area contributed by atoms with E-state index in [9.17, 15) is 4.79 Å². The van der Waals surface area contributed by atoms with Crippen LogP contribution in [0.4, 0.5) is 5.82 Å². The van der Waals surface area contributed by atoms with Crippen LogP contribution in [0.25, 0.3) is 0 Å². The van der Waals surface area contributed by atoms with E-state index in [4.69, 9.17) is 4.74 Å². The predicted octanol–water partition coefficient (Wildman–Crippen LogP) is 2.98. The van der Waals surface area contributed by atoms with Gasteiger partial charge in [-0.3, -0.25) is 4.79 Å². The number of ether oxygens (including phenoxy) is 1. The number of hydrogen-bond acceptors (Lipinski definition) is 5. The van der Waals surface area contributed by atoms with Gasteiger partial charge in [0.05, 0.1) is 7.11 Å². The van der Waals surface area contributed by atoms with Crippen LogP contribution in [0.3, 0.4) is 0 Å². The Bertz CT molecular complexity index is 718. The Morgan fingerprint density at radius 2 is 2.08 bits per heavy atom. The normalized spacial score (nSPS) is 11.7. The summed E-state index contributed by atoms with van der Waals surface area (Å²) in [4.78, 5) is 20.9. The summed E-state index contributed by atoms with van der Waals surface area (Å²) in [5.74, 6) is 1.88. The van der Waals surface area contributed by atoms with E-state index in [1.807, 2.05) is 24.3 Å². The number of carbonyl (C=O) groups excluding carboxylic acids is 1. The van der Waals surface area contributed by atoms with Crippen molar-refractivity contribution in [3.8, 4) is 5.75 Å². The lowest BCUT2D eigenvalue weighted by Crippen LogP contribution is -2.27. The average molecular weight is 342 g/mol. The van der Waals surface area contributed by atoms with Crippen LogP contribution in [0.15, 0.2) is 30.3 Å². The van der Waals surface area contributed by atoms with Gasteiger partial charge in [-0.1, -0.05) is 19.1 Å². The summed E-state index contributed by atoms with van der Waals surface area (Å²) in [5.41, 5.74) is 1.49. The largest absolute Gasteiger partial charge is 0.497 e. The molecule has 1 unspecified atom stereocenters. The lowest BCUT2D eigenvalue weighted by molar-refractivity contribution is 0.0949. The number of anilines is 1. The van der Waals surface area contributed by atoms with Crippen molar-refractivity contribution in [1.82, 2.24) is 15.3 Å². The molecule has 0 aliphatic heterocycles. The molecule has 0 bridgehead atoms. The van der Waals surface area contributed by atoms with Crippen LogP contribution in [0.5, 0.6) is 5.75 Å². The van der Waals surface area contributed by atoms with Gasteiger partial charge in [-0.25, -0.2) is 9.97 Å². The Balaban J connectivity index is 1.95. The predicted molar refractivity (Wildman–Crippen MR) is 99.2 cm³/mol. The highest BCUT2D eigenvalue weighted by molar-refractivity contribution is 5.92. The highest BCUT2D eigenvalue weighted by Gasteiger charge is 2.11. The molecular formula is C19H26N4O2. The van der Waals surface area contributed by atoms with Gasteiger partial charge in [0.25, 0.3) is 5.91 Å². The zero-order chi connectivity index (χ0) is 18.2. The first-order valence-corrected chi connectivity index (χ1v) is 8.55. The summed E-state index contributed by atoms with van der Waals surface area (Å²) in [6.45, 7) is 6.49. The zero-order valence-electron chi connectivity index (χ0n) is 15.3. The van der Waals surface area contributed by atoms with Crippen molar-refractivity contribution in [1.29, 1.82) is 0 Å². The lowest BCUT2D eigenvalue weighted by atomic mass is 10.1.